The third-order valence-electron chi connectivity index (χ3n) is 3.74. The van der Waals surface area contributed by atoms with E-state index in [4.69, 9.17) is 9.84 Å². The molecule has 1 aliphatic carbocycles. The predicted octanol–water partition coefficient (Wildman–Crippen LogP) is 1.96. The molecule has 6 nitrogen and oxygen atoms in total. The van der Waals surface area contributed by atoms with Crippen molar-refractivity contribution < 1.29 is 14.6 Å². The molecule has 0 amide bonds. The normalized spacial score (nSPS) is 23.4. The third kappa shape index (κ3) is 4.02. The van der Waals surface area contributed by atoms with E-state index < -0.39 is 5.97 Å². The maximum Gasteiger partial charge on any atom is 0.358 e. The zero-order valence-electron chi connectivity index (χ0n) is 11.3. The van der Waals surface area contributed by atoms with E-state index in [-0.39, 0.29) is 5.69 Å². The average molecular weight is 267 g/mol. The molecule has 1 aromatic heterocycles. The Kier molecular flexibility index (Phi) is 4.90. The molecule has 6 heteroatoms. The fraction of sp³-hybridized carbons (Fsp3) is 0.769. The number of hydrogen-bond acceptors (Lipinski definition) is 4. The number of carbonyl (C=O) groups is 1. The average Bonchev–Trinajstić information content (AvgIpc) is 2.88. The highest BCUT2D eigenvalue weighted by Crippen LogP contribution is 2.28. The van der Waals surface area contributed by atoms with Crippen molar-refractivity contribution in [1.29, 1.82) is 0 Å². The zero-order chi connectivity index (χ0) is 13.7. The van der Waals surface area contributed by atoms with Gasteiger partial charge in [-0.2, -0.15) is 0 Å². The van der Waals surface area contributed by atoms with Gasteiger partial charge in [0.05, 0.1) is 25.5 Å². The molecule has 1 heterocycles. The Bertz CT molecular complexity index is 419. The molecule has 1 saturated carbocycles. The number of carboxylic acids is 1. The van der Waals surface area contributed by atoms with Gasteiger partial charge in [0, 0.05) is 0 Å². The first-order valence-corrected chi connectivity index (χ1v) is 6.94. The molecule has 19 heavy (non-hydrogen) atoms. The third-order valence-corrected chi connectivity index (χ3v) is 3.74. The summed E-state index contributed by atoms with van der Waals surface area (Å²) in [6.45, 7) is 3.34. The molecule has 0 radical (unpaired) electrons. The van der Waals surface area contributed by atoms with Crippen molar-refractivity contribution in [1.82, 2.24) is 15.0 Å². The summed E-state index contributed by atoms with van der Waals surface area (Å²) >= 11 is 0. The van der Waals surface area contributed by atoms with Crippen molar-refractivity contribution in [2.45, 2.75) is 51.7 Å². The maximum atomic E-state index is 10.7. The van der Waals surface area contributed by atoms with Crippen LogP contribution >= 0.6 is 0 Å². The van der Waals surface area contributed by atoms with Crippen molar-refractivity contribution in [3.63, 3.8) is 0 Å². The lowest BCUT2D eigenvalue weighted by Gasteiger charge is -2.28. The highest BCUT2D eigenvalue weighted by Gasteiger charge is 2.21. The molecule has 106 valence electrons. The molecule has 0 saturated heterocycles. The summed E-state index contributed by atoms with van der Waals surface area (Å²) in [7, 11) is 0. The molecule has 2 atom stereocenters. The van der Waals surface area contributed by atoms with E-state index in [0.717, 1.165) is 18.8 Å². The molecule has 0 aliphatic heterocycles. The van der Waals surface area contributed by atoms with Crippen LogP contribution in [0.15, 0.2) is 6.20 Å². The molecule has 1 aliphatic rings. The van der Waals surface area contributed by atoms with Crippen LogP contribution in [0.25, 0.3) is 0 Å². The summed E-state index contributed by atoms with van der Waals surface area (Å²) < 4.78 is 7.37. The Morgan fingerprint density at radius 3 is 3.11 bits per heavy atom. The van der Waals surface area contributed by atoms with Gasteiger partial charge in [-0.15, -0.1) is 5.10 Å². The minimum Gasteiger partial charge on any atom is -0.476 e. The van der Waals surface area contributed by atoms with E-state index in [1.807, 2.05) is 0 Å². The number of nitrogens with zero attached hydrogens (tertiary/aromatic N) is 3. The molecule has 0 aromatic carbocycles. The van der Waals surface area contributed by atoms with E-state index in [1.165, 1.54) is 30.1 Å². The van der Waals surface area contributed by atoms with Gasteiger partial charge in [0.15, 0.2) is 5.69 Å². The van der Waals surface area contributed by atoms with Crippen LogP contribution in [0.3, 0.4) is 0 Å². The molecule has 0 bridgehead atoms. The van der Waals surface area contributed by atoms with Gasteiger partial charge in [0.25, 0.3) is 0 Å². The van der Waals surface area contributed by atoms with Crippen LogP contribution < -0.4 is 0 Å². The van der Waals surface area contributed by atoms with E-state index >= 15 is 0 Å². The van der Waals surface area contributed by atoms with Gasteiger partial charge >= 0.3 is 5.97 Å². The summed E-state index contributed by atoms with van der Waals surface area (Å²) in [5.74, 6) is -0.256. The van der Waals surface area contributed by atoms with E-state index in [0.29, 0.717) is 19.3 Å². The van der Waals surface area contributed by atoms with Crippen LogP contribution in [0, 0.1) is 5.92 Å². The lowest BCUT2D eigenvalue weighted by Crippen LogP contribution is -2.24. The minimum atomic E-state index is -1.05. The first-order valence-electron chi connectivity index (χ1n) is 6.94. The Balaban J connectivity index is 1.72. The SMILES string of the molecule is CCC1CCCC(OCCn2cc(C(=O)O)nn2)C1. The van der Waals surface area contributed by atoms with Crippen molar-refractivity contribution in [2.24, 2.45) is 5.92 Å². The van der Waals surface area contributed by atoms with Gasteiger partial charge in [0.2, 0.25) is 0 Å². The number of hydrogen-bond donors (Lipinski definition) is 1. The minimum absolute atomic E-state index is 0.0243. The summed E-state index contributed by atoms with van der Waals surface area (Å²) in [6, 6.07) is 0. The first-order chi connectivity index (χ1) is 9.19. The Morgan fingerprint density at radius 1 is 1.58 bits per heavy atom. The molecule has 1 fully saturated rings. The molecular formula is C13H21N3O3. The fourth-order valence-electron chi connectivity index (χ4n) is 2.58. The number of rotatable bonds is 6. The number of ether oxygens (including phenoxy) is 1. The largest absolute Gasteiger partial charge is 0.476 e. The number of aromatic carboxylic acids is 1. The molecule has 1 aromatic rings. The summed E-state index contributed by atoms with van der Waals surface area (Å²) in [6.07, 6.45) is 7.85. The van der Waals surface area contributed by atoms with Crippen molar-refractivity contribution in [3.05, 3.63) is 11.9 Å². The van der Waals surface area contributed by atoms with Crippen molar-refractivity contribution >= 4 is 5.97 Å². The molecule has 2 rings (SSSR count). The zero-order valence-corrected chi connectivity index (χ0v) is 11.3. The summed E-state index contributed by atoms with van der Waals surface area (Å²) in [5, 5.41) is 16.1. The number of aromatic nitrogens is 3. The quantitative estimate of drug-likeness (QED) is 0.852. The molecule has 0 spiro atoms. The first kappa shape index (κ1) is 14.0. The highest BCUT2D eigenvalue weighted by molar-refractivity contribution is 5.84. The van der Waals surface area contributed by atoms with Crippen LogP contribution in [0.4, 0.5) is 0 Å². The van der Waals surface area contributed by atoms with Gasteiger partial charge in [0.1, 0.15) is 0 Å². The van der Waals surface area contributed by atoms with Gasteiger partial charge in [-0.25, -0.2) is 9.48 Å². The van der Waals surface area contributed by atoms with Gasteiger partial charge < -0.3 is 9.84 Å². The lowest BCUT2D eigenvalue weighted by atomic mass is 9.85. The second kappa shape index (κ2) is 6.65. The van der Waals surface area contributed by atoms with Crippen LogP contribution in [0.5, 0.6) is 0 Å². The fourth-order valence-corrected chi connectivity index (χ4v) is 2.58. The van der Waals surface area contributed by atoms with Crippen molar-refractivity contribution in [3.8, 4) is 0 Å². The Morgan fingerprint density at radius 2 is 2.42 bits per heavy atom. The second-order valence-electron chi connectivity index (χ2n) is 5.11. The maximum absolute atomic E-state index is 10.7. The summed E-state index contributed by atoms with van der Waals surface area (Å²) in [4.78, 5) is 10.7. The lowest BCUT2D eigenvalue weighted by molar-refractivity contribution is 0.00751. The summed E-state index contributed by atoms with van der Waals surface area (Å²) in [5.41, 5.74) is -0.0243. The van der Waals surface area contributed by atoms with Crippen LogP contribution in [-0.4, -0.2) is 38.8 Å². The second-order valence-corrected chi connectivity index (χ2v) is 5.11. The molecule has 2 unspecified atom stereocenters. The van der Waals surface area contributed by atoms with E-state index in [2.05, 4.69) is 17.2 Å². The van der Waals surface area contributed by atoms with E-state index in [9.17, 15) is 4.79 Å². The van der Waals surface area contributed by atoms with Crippen LogP contribution in [0.2, 0.25) is 0 Å². The van der Waals surface area contributed by atoms with Gasteiger partial charge in [-0.1, -0.05) is 31.4 Å². The smallest absolute Gasteiger partial charge is 0.358 e. The van der Waals surface area contributed by atoms with Crippen LogP contribution in [0.1, 0.15) is 49.5 Å². The Labute approximate surface area is 112 Å². The molecule has 1 N–H and O–H groups in total. The Hall–Kier alpha value is -1.43. The van der Waals surface area contributed by atoms with Crippen molar-refractivity contribution in [2.75, 3.05) is 6.61 Å². The molecular weight excluding hydrogens is 246 g/mol. The number of carboxylic acid groups (broad SMARTS) is 1. The predicted molar refractivity (Wildman–Crippen MR) is 69.0 cm³/mol. The van der Waals surface area contributed by atoms with Gasteiger partial charge in [-0.05, 0) is 18.8 Å². The standard InChI is InChI=1S/C13H21N3O3/c1-2-10-4-3-5-11(8-10)19-7-6-16-9-12(13(17)18)14-15-16/h9-11H,2-8H2,1H3,(H,17,18). The monoisotopic (exact) mass is 267 g/mol. The van der Waals surface area contributed by atoms with Gasteiger partial charge in [-0.3, -0.25) is 0 Å². The van der Waals surface area contributed by atoms with E-state index in [1.54, 1.807) is 0 Å². The van der Waals surface area contributed by atoms with Crippen LogP contribution in [-0.2, 0) is 11.3 Å². The highest BCUT2D eigenvalue weighted by atomic mass is 16.5. The topological polar surface area (TPSA) is 77.2 Å².